The zero-order valence-electron chi connectivity index (χ0n) is 13.4. The highest BCUT2D eigenvalue weighted by molar-refractivity contribution is 7.71. The first-order chi connectivity index (χ1) is 12.2. The average molecular weight is 349 g/mol. The second kappa shape index (κ2) is 6.37. The van der Waals surface area contributed by atoms with Crippen LogP contribution in [0.3, 0.4) is 0 Å². The first kappa shape index (κ1) is 15.3. The normalized spacial score (nSPS) is 11.4. The summed E-state index contributed by atoms with van der Waals surface area (Å²) in [4.78, 5) is 3.16. The lowest BCUT2D eigenvalue weighted by atomic mass is 10.2. The van der Waals surface area contributed by atoms with Crippen molar-refractivity contribution in [2.24, 2.45) is 5.10 Å². The molecule has 1 aromatic carbocycles. The van der Waals surface area contributed by atoms with Gasteiger partial charge in [0.2, 0.25) is 0 Å². The lowest BCUT2D eigenvalue weighted by Gasteiger charge is -1.95. The number of nitrogens with one attached hydrogen (secondary N) is 2. The van der Waals surface area contributed by atoms with Crippen LogP contribution >= 0.6 is 12.2 Å². The molecule has 3 aromatic heterocycles. The predicted molar refractivity (Wildman–Crippen MR) is 99.1 cm³/mol. The van der Waals surface area contributed by atoms with Gasteiger partial charge < -0.3 is 9.40 Å². The standard InChI is InChI=1S/C18H15N5OS/c1-12-7-8-16(24-12)17-14(9-19-22-17)10-20-23-11-15(21-18(23)25)13-5-3-2-4-6-13/h2-11H,1H3,(H,19,22)(H,21,25)/b20-10+. The van der Waals surface area contributed by atoms with Crippen molar-refractivity contribution >= 4 is 18.4 Å². The van der Waals surface area contributed by atoms with E-state index in [2.05, 4.69) is 20.3 Å². The smallest absolute Gasteiger partial charge is 0.198 e. The molecular weight excluding hydrogens is 334 g/mol. The number of rotatable bonds is 4. The molecule has 0 saturated heterocycles. The molecule has 0 amide bonds. The van der Waals surface area contributed by atoms with Crippen molar-refractivity contribution in [1.29, 1.82) is 0 Å². The van der Waals surface area contributed by atoms with E-state index >= 15 is 0 Å². The molecule has 0 bridgehead atoms. The highest BCUT2D eigenvalue weighted by Crippen LogP contribution is 2.22. The minimum Gasteiger partial charge on any atom is -0.460 e. The van der Waals surface area contributed by atoms with Crippen LogP contribution in [0.2, 0.25) is 0 Å². The Bertz CT molecular complexity index is 1080. The largest absolute Gasteiger partial charge is 0.460 e. The molecule has 6 nitrogen and oxygen atoms in total. The highest BCUT2D eigenvalue weighted by atomic mass is 32.1. The lowest BCUT2D eigenvalue weighted by molar-refractivity contribution is 0.546. The molecule has 0 aliphatic heterocycles. The van der Waals surface area contributed by atoms with E-state index in [1.807, 2.05) is 55.6 Å². The van der Waals surface area contributed by atoms with Crippen LogP contribution in [0.4, 0.5) is 0 Å². The zero-order valence-corrected chi connectivity index (χ0v) is 14.2. The van der Waals surface area contributed by atoms with Gasteiger partial charge in [0, 0.05) is 5.56 Å². The van der Waals surface area contributed by atoms with E-state index in [-0.39, 0.29) is 0 Å². The number of imidazole rings is 1. The predicted octanol–water partition coefficient (Wildman–Crippen LogP) is 4.39. The summed E-state index contributed by atoms with van der Waals surface area (Å²) in [5, 5.41) is 11.5. The molecule has 2 N–H and O–H groups in total. The monoisotopic (exact) mass is 349 g/mol. The summed E-state index contributed by atoms with van der Waals surface area (Å²) < 4.78 is 7.79. The molecule has 124 valence electrons. The van der Waals surface area contributed by atoms with Gasteiger partial charge in [-0.15, -0.1) is 0 Å². The third-order valence-corrected chi connectivity index (χ3v) is 4.05. The van der Waals surface area contributed by atoms with Gasteiger partial charge in [-0.1, -0.05) is 30.3 Å². The molecule has 0 unspecified atom stereocenters. The van der Waals surface area contributed by atoms with Gasteiger partial charge >= 0.3 is 0 Å². The number of hydrogen-bond acceptors (Lipinski definition) is 4. The van der Waals surface area contributed by atoms with Gasteiger partial charge in [-0.05, 0) is 36.8 Å². The van der Waals surface area contributed by atoms with Gasteiger partial charge in [-0.3, -0.25) is 5.10 Å². The maximum atomic E-state index is 5.64. The molecule has 0 atom stereocenters. The topological polar surface area (TPSA) is 74.9 Å². The molecule has 0 fully saturated rings. The molecule has 7 heteroatoms. The summed E-state index contributed by atoms with van der Waals surface area (Å²) in [6.45, 7) is 1.90. The Labute approximate surface area is 148 Å². The van der Waals surface area contributed by atoms with E-state index in [1.54, 1.807) is 17.1 Å². The van der Waals surface area contributed by atoms with Gasteiger partial charge in [0.15, 0.2) is 10.5 Å². The van der Waals surface area contributed by atoms with Crippen molar-refractivity contribution < 1.29 is 4.42 Å². The number of aromatic amines is 2. The van der Waals surface area contributed by atoms with Crippen LogP contribution in [-0.2, 0) is 0 Å². The zero-order chi connectivity index (χ0) is 17.2. The van der Waals surface area contributed by atoms with Crippen LogP contribution in [-0.4, -0.2) is 26.1 Å². The number of aryl methyl sites for hydroxylation is 1. The van der Waals surface area contributed by atoms with Crippen LogP contribution < -0.4 is 0 Å². The fourth-order valence-electron chi connectivity index (χ4n) is 2.52. The molecule has 0 aliphatic rings. The van der Waals surface area contributed by atoms with E-state index in [9.17, 15) is 0 Å². The number of furan rings is 1. The van der Waals surface area contributed by atoms with E-state index in [0.29, 0.717) is 4.77 Å². The molecule has 4 aromatic rings. The van der Waals surface area contributed by atoms with Crippen LogP contribution in [0.15, 0.2) is 64.4 Å². The third kappa shape index (κ3) is 3.09. The van der Waals surface area contributed by atoms with Crippen molar-refractivity contribution in [3.63, 3.8) is 0 Å². The summed E-state index contributed by atoms with van der Waals surface area (Å²) in [7, 11) is 0. The van der Waals surface area contributed by atoms with Crippen molar-refractivity contribution in [2.75, 3.05) is 0 Å². The Morgan fingerprint density at radius 3 is 2.80 bits per heavy atom. The maximum absolute atomic E-state index is 5.64. The molecule has 25 heavy (non-hydrogen) atoms. The van der Waals surface area contributed by atoms with Gasteiger partial charge in [0.25, 0.3) is 0 Å². The number of benzene rings is 1. The summed E-state index contributed by atoms with van der Waals surface area (Å²) in [6.07, 6.45) is 5.27. The van der Waals surface area contributed by atoms with Crippen molar-refractivity contribution in [2.45, 2.75) is 6.92 Å². The summed E-state index contributed by atoms with van der Waals surface area (Å²) >= 11 is 5.35. The van der Waals surface area contributed by atoms with Gasteiger partial charge in [-0.25, -0.2) is 4.68 Å². The Balaban J connectivity index is 1.65. The minimum atomic E-state index is 0.522. The first-order valence-corrected chi connectivity index (χ1v) is 8.13. The average Bonchev–Trinajstić information content (AvgIpc) is 3.33. The van der Waals surface area contributed by atoms with E-state index in [0.717, 1.165) is 34.0 Å². The van der Waals surface area contributed by atoms with E-state index in [1.165, 1.54) is 0 Å². The van der Waals surface area contributed by atoms with Gasteiger partial charge in [0.1, 0.15) is 11.5 Å². The summed E-state index contributed by atoms with van der Waals surface area (Å²) in [5.41, 5.74) is 3.57. The number of hydrogen-bond donors (Lipinski definition) is 2. The number of nitrogens with zero attached hydrogens (tertiary/aromatic N) is 3. The molecule has 3 heterocycles. The maximum Gasteiger partial charge on any atom is 0.198 e. The fraction of sp³-hybridized carbons (Fsp3) is 0.0556. The second-order valence-corrected chi connectivity index (χ2v) is 5.93. The minimum absolute atomic E-state index is 0.522. The lowest BCUT2D eigenvalue weighted by Crippen LogP contribution is -1.89. The van der Waals surface area contributed by atoms with Crippen LogP contribution in [0, 0.1) is 11.7 Å². The Hall–Kier alpha value is -3.19. The second-order valence-electron chi connectivity index (χ2n) is 5.54. The molecule has 0 aliphatic carbocycles. The number of H-pyrrole nitrogens is 2. The first-order valence-electron chi connectivity index (χ1n) is 7.72. The van der Waals surface area contributed by atoms with Crippen molar-refractivity contribution in [3.8, 4) is 22.7 Å². The molecule has 0 saturated carbocycles. The Morgan fingerprint density at radius 2 is 2.04 bits per heavy atom. The van der Waals surface area contributed by atoms with Crippen LogP contribution in [0.1, 0.15) is 11.3 Å². The highest BCUT2D eigenvalue weighted by Gasteiger charge is 2.10. The van der Waals surface area contributed by atoms with Crippen molar-refractivity contribution in [3.05, 3.63) is 71.0 Å². The van der Waals surface area contributed by atoms with Crippen LogP contribution in [0.5, 0.6) is 0 Å². The van der Waals surface area contributed by atoms with E-state index in [4.69, 9.17) is 16.6 Å². The Morgan fingerprint density at radius 1 is 1.20 bits per heavy atom. The van der Waals surface area contributed by atoms with Crippen LogP contribution in [0.25, 0.3) is 22.7 Å². The summed E-state index contributed by atoms with van der Waals surface area (Å²) in [5.74, 6) is 1.56. The SMILES string of the molecule is Cc1ccc(-c2[nH]ncc2/C=N/n2cc(-c3ccccc3)[nH]c2=S)o1. The quantitative estimate of drug-likeness (QED) is 0.424. The molecular formula is C18H15N5OS. The fourth-order valence-corrected chi connectivity index (χ4v) is 2.73. The van der Waals surface area contributed by atoms with E-state index < -0.39 is 0 Å². The van der Waals surface area contributed by atoms with Gasteiger partial charge in [0.05, 0.1) is 24.3 Å². The van der Waals surface area contributed by atoms with Crippen molar-refractivity contribution in [1.82, 2.24) is 19.9 Å². The summed E-state index contributed by atoms with van der Waals surface area (Å²) in [6, 6.07) is 13.8. The number of aromatic nitrogens is 4. The molecule has 0 spiro atoms. The third-order valence-electron chi connectivity index (χ3n) is 3.76. The van der Waals surface area contributed by atoms with Gasteiger partial charge in [-0.2, -0.15) is 10.2 Å². The molecule has 4 rings (SSSR count). The molecule has 0 radical (unpaired) electrons. The Kier molecular flexibility index (Phi) is 3.91.